The van der Waals surface area contributed by atoms with Gasteiger partial charge in [-0.3, -0.25) is 19.2 Å². The van der Waals surface area contributed by atoms with Crippen LogP contribution in [0, 0.1) is 5.92 Å². The van der Waals surface area contributed by atoms with Gasteiger partial charge in [-0.2, -0.15) is 0 Å². The Balaban J connectivity index is 0.00000523. The zero-order chi connectivity index (χ0) is 35.8. The number of rotatable bonds is 12. The van der Waals surface area contributed by atoms with E-state index >= 15 is 0 Å². The second-order valence-electron chi connectivity index (χ2n) is 15.0. The van der Waals surface area contributed by atoms with Crippen molar-refractivity contribution in [2.45, 2.75) is 107 Å². The van der Waals surface area contributed by atoms with Gasteiger partial charge in [0.05, 0.1) is 0 Å². The Morgan fingerprint density at radius 3 is 2.06 bits per heavy atom. The first-order valence-electron chi connectivity index (χ1n) is 18.8. The topological polar surface area (TPSA) is 120 Å². The molecule has 0 aromatic heterocycles. The minimum Gasteiger partial charge on any atom is -0.352 e. The molecule has 3 aliphatic carbocycles. The fourth-order valence-electron chi connectivity index (χ4n) is 8.33. The summed E-state index contributed by atoms with van der Waals surface area (Å²) in [5.41, 5.74) is 2.37. The third-order valence-corrected chi connectivity index (χ3v) is 11.3. The summed E-state index contributed by atoms with van der Waals surface area (Å²) in [6, 6.07) is 26.5. The molecule has 0 heterocycles. The van der Waals surface area contributed by atoms with E-state index in [2.05, 4.69) is 40.3 Å². The number of nitrogens with zero attached hydrogens (tertiary/aromatic N) is 1. The Kier molecular flexibility index (Phi) is 13.5. The number of amides is 4. The third-order valence-electron chi connectivity index (χ3n) is 11.3. The molecular weight excluding hydrogens is 674 g/mol. The number of carbonyl (C=O) groups excluding carboxylic acids is 4. The summed E-state index contributed by atoms with van der Waals surface area (Å²) in [5, 5.41) is 12.7. The van der Waals surface area contributed by atoms with Crippen LogP contribution in [0.3, 0.4) is 0 Å². The standard InChI is InChI=1S/C42H53N5O4.ClH/c1-47(2)37-18-10-9-17-35(37)44-38(48)33-23-24-34(28-33)43-40(50)36(27-29-13-5-3-6-14-29)45-41(51)42(25-11-12-26-42)46-39(49)32-21-19-31(20-22-32)30-15-7-4-8-16-30;/h3-8,13-16,19-22,33-37H,9-12,17-18,23-28H2,1-2H3,(H,43,50)(H,44,48)(H,45,51)(H,46,49);1H/t33-,34+,35+,36-,37+;/m1./s1. The zero-order valence-corrected chi connectivity index (χ0v) is 31.3. The quantitative estimate of drug-likeness (QED) is 0.188. The van der Waals surface area contributed by atoms with Crippen molar-refractivity contribution in [1.82, 2.24) is 26.2 Å². The molecule has 0 saturated heterocycles. The number of likely N-dealkylation sites (N-methyl/N-ethyl adjacent to an activating group) is 1. The van der Waals surface area contributed by atoms with Crippen LogP contribution in [0.15, 0.2) is 84.9 Å². The lowest BCUT2D eigenvalue weighted by atomic mass is 9.89. The molecule has 10 heteroatoms. The zero-order valence-electron chi connectivity index (χ0n) is 30.4. The maximum Gasteiger partial charge on any atom is 0.252 e. The molecule has 0 spiro atoms. The molecule has 52 heavy (non-hydrogen) atoms. The van der Waals surface area contributed by atoms with E-state index in [-0.39, 0.29) is 54.0 Å². The second-order valence-corrected chi connectivity index (χ2v) is 15.0. The van der Waals surface area contributed by atoms with Gasteiger partial charge in [0, 0.05) is 36.0 Å². The number of hydrogen-bond acceptors (Lipinski definition) is 5. The third kappa shape index (κ3) is 9.61. The largest absolute Gasteiger partial charge is 0.352 e. The second kappa shape index (κ2) is 18.0. The van der Waals surface area contributed by atoms with Gasteiger partial charge in [0.2, 0.25) is 17.7 Å². The minimum absolute atomic E-state index is 0. The molecular formula is C42H54ClN5O4. The molecule has 9 nitrogen and oxygen atoms in total. The lowest BCUT2D eigenvalue weighted by molar-refractivity contribution is -0.132. The van der Waals surface area contributed by atoms with E-state index in [9.17, 15) is 19.2 Å². The summed E-state index contributed by atoms with van der Waals surface area (Å²) >= 11 is 0. The molecule has 3 aromatic rings. The van der Waals surface area contributed by atoms with Crippen molar-refractivity contribution < 1.29 is 19.2 Å². The fraction of sp³-hybridized carbons (Fsp3) is 0.476. The van der Waals surface area contributed by atoms with Crippen LogP contribution in [0.4, 0.5) is 0 Å². The Bertz CT molecular complexity index is 1650. The van der Waals surface area contributed by atoms with Gasteiger partial charge in [-0.05, 0) is 87.9 Å². The van der Waals surface area contributed by atoms with Crippen molar-refractivity contribution in [1.29, 1.82) is 0 Å². The van der Waals surface area contributed by atoms with Crippen LogP contribution in [0.2, 0.25) is 0 Å². The van der Waals surface area contributed by atoms with Gasteiger partial charge in [-0.25, -0.2) is 0 Å². The van der Waals surface area contributed by atoms with E-state index < -0.39 is 11.6 Å². The van der Waals surface area contributed by atoms with Crippen LogP contribution in [-0.4, -0.2) is 72.3 Å². The number of nitrogens with one attached hydrogen (secondary N) is 4. The van der Waals surface area contributed by atoms with Crippen molar-refractivity contribution in [3.63, 3.8) is 0 Å². The van der Waals surface area contributed by atoms with E-state index in [1.165, 1.54) is 6.42 Å². The van der Waals surface area contributed by atoms with Gasteiger partial charge in [-0.15, -0.1) is 12.4 Å². The van der Waals surface area contributed by atoms with E-state index in [4.69, 9.17) is 0 Å². The summed E-state index contributed by atoms with van der Waals surface area (Å²) in [7, 11) is 4.16. The van der Waals surface area contributed by atoms with Gasteiger partial charge in [0.25, 0.3) is 5.91 Å². The first kappa shape index (κ1) is 39.0. The number of carbonyl (C=O) groups is 4. The Labute approximate surface area is 314 Å². The van der Waals surface area contributed by atoms with E-state index in [1.807, 2.05) is 72.8 Å². The van der Waals surface area contributed by atoms with Gasteiger partial charge < -0.3 is 26.2 Å². The Morgan fingerprint density at radius 1 is 0.750 bits per heavy atom. The molecule has 0 bridgehead atoms. The van der Waals surface area contributed by atoms with Crippen LogP contribution in [-0.2, 0) is 20.8 Å². The Morgan fingerprint density at radius 2 is 1.38 bits per heavy atom. The lowest BCUT2D eigenvalue weighted by Gasteiger charge is -2.37. The highest BCUT2D eigenvalue weighted by Gasteiger charge is 2.44. The van der Waals surface area contributed by atoms with Crippen molar-refractivity contribution in [3.8, 4) is 11.1 Å². The summed E-state index contributed by atoms with van der Waals surface area (Å²) in [5.74, 6) is -0.989. The fourth-order valence-corrected chi connectivity index (χ4v) is 8.33. The average molecular weight is 728 g/mol. The van der Waals surface area contributed by atoms with Crippen LogP contribution < -0.4 is 21.3 Å². The van der Waals surface area contributed by atoms with Gasteiger partial charge >= 0.3 is 0 Å². The molecule has 4 N–H and O–H groups in total. The van der Waals surface area contributed by atoms with Crippen molar-refractivity contribution >= 4 is 36.0 Å². The maximum absolute atomic E-state index is 14.2. The molecule has 278 valence electrons. The molecule has 3 fully saturated rings. The highest BCUT2D eigenvalue weighted by atomic mass is 35.5. The first-order chi connectivity index (χ1) is 24.7. The SMILES string of the molecule is CN(C)[C@H]1CCCC[C@@H]1NC(=O)[C@@H]1CC[C@H](NC(=O)[C@@H](Cc2ccccc2)NC(=O)C2(NC(=O)c3ccc(-c4ccccc4)cc3)CCCC2)C1.Cl. The van der Waals surface area contributed by atoms with Crippen LogP contribution in [0.25, 0.3) is 11.1 Å². The van der Waals surface area contributed by atoms with Gasteiger partial charge in [0.1, 0.15) is 11.6 Å². The normalized spacial score (nSPS) is 22.8. The van der Waals surface area contributed by atoms with Crippen LogP contribution >= 0.6 is 12.4 Å². The first-order valence-corrected chi connectivity index (χ1v) is 18.8. The Hall–Kier alpha value is -4.21. The predicted molar refractivity (Wildman–Crippen MR) is 207 cm³/mol. The maximum atomic E-state index is 14.2. The summed E-state index contributed by atoms with van der Waals surface area (Å²) in [6.45, 7) is 0. The van der Waals surface area contributed by atoms with Crippen molar-refractivity contribution in [3.05, 3.63) is 96.1 Å². The number of hydrogen-bond donors (Lipinski definition) is 4. The molecule has 3 saturated carbocycles. The lowest BCUT2D eigenvalue weighted by Crippen LogP contribution is -2.61. The monoisotopic (exact) mass is 727 g/mol. The summed E-state index contributed by atoms with van der Waals surface area (Å²) < 4.78 is 0. The van der Waals surface area contributed by atoms with Crippen LogP contribution in [0.5, 0.6) is 0 Å². The number of benzene rings is 3. The molecule has 4 amide bonds. The smallest absolute Gasteiger partial charge is 0.252 e. The molecule has 5 atom stereocenters. The van der Waals surface area contributed by atoms with Crippen LogP contribution in [0.1, 0.15) is 86.6 Å². The van der Waals surface area contributed by atoms with E-state index in [1.54, 1.807) is 12.1 Å². The van der Waals surface area contributed by atoms with Crippen molar-refractivity contribution in [2.75, 3.05) is 14.1 Å². The average Bonchev–Trinajstić information content (AvgIpc) is 3.83. The summed E-state index contributed by atoms with van der Waals surface area (Å²) in [6.07, 6.45) is 9.31. The van der Waals surface area contributed by atoms with Gasteiger partial charge in [-0.1, -0.05) is 98.5 Å². The van der Waals surface area contributed by atoms with Gasteiger partial charge in [0.15, 0.2) is 0 Å². The summed E-state index contributed by atoms with van der Waals surface area (Å²) in [4.78, 5) is 57.2. The van der Waals surface area contributed by atoms with E-state index in [0.717, 1.165) is 48.8 Å². The minimum atomic E-state index is -1.11. The molecule has 3 aliphatic rings. The van der Waals surface area contributed by atoms with Crippen molar-refractivity contribution in [2.24, 2.45) is 5.92 Å². The highest BCUT2D eigenvalue weighted by Crippen LogP contribution is 2.32. The van der Waals surface area contributed by atoms with E-state index in [0.29, 0.717) is 50.1 Å². The highest BCUT2D eigenvalue weighted by molar-refractivity contribution is 6.00. The predicted octanol–water partition coefficient (Wildman–Crippen LogP) is 5.82. The molecule has 3 aromatic carbocycles. The molecule has 0 radical (unpaired) electrons. The number of halogens is 1. The molecule has 6 rings (SSSR count). The molecule has 0 unspecified atom stereocenters. The molecule has 0 aliphatic heterocycles.